The number of carbonyl (C=O) groups is 2. The second kappa shape index (κ2) is 12.6. The zero-order valence-corrected chi connectivity index (χ0v) is 13.9. The maximum Gasteiger partial charge on any atom is 0.320 e. The smallest absolute Gasteiger partial charge is 0.320 e. The Morgan fingerprint density at radius 2 is 1.71 bits per heavy atom. The van der Waals surface area contributed by atoms with Crippen LogP contribution in [0.1, 0.15) is 64.7 Å². The van der Waals surface area contributed by atoms with Gasteiger partial charge in [0, 0.05) is 13.0 Å². The zero-order chi connectivity index (χ0) is 16.1. The van der Waals surface area contributed by atoms with Crippen LogP contribution in [0.2, 0.25) is 0 Å². The first-order valence-corrected chi connectivity index (χ1v) is 8.15. The Bertz CT molecular complexity index is 293. The van der Waals surface area contributed by atoms with Crippen LogP contribution in [0, 0.1) is 0 Å². The maximum absolute atomic E-state index is 11.6. The Balaban J connectivity index is 3.53. The van der Waals surface area contributed by atoms with E-state index in [2.05, 4.69) is 12.2 Å². The molecule has 0 spiro atoms. The number of aliphatic carboxylic acids is 1. The van der Waals surface area contributed by atoms with Crippen molar-refractivity contribution < 1.29 is 14.7 Å². The molecule has 124 valence electrons. The average Bonchev–Trinajstić information content (AvgIpc) is 2.41. The molecule has 0 radical (unpaired) electrons. The van der Waals surface area contributed by atoms with E-state index in [1.165, 1.54) is 19.3 Å². The van der Waals surface area contributed by atoms with Gasteiger partial charge in [-0.05, 0) is 39.8 Å². The van der Waals surface area contributed by atoms with Crippen LogP contribution in [0.15, 0.2) is 0 Å². The molecule has 21 heavy (non-hydrogen) atoms. The first kappa shape index (κ1) is 19.9. The summed E-state index contributed by atoms with van der Waals surface area (Å²) in [4.78, 5) is 24.3. The van der Waals surface area contributed by atoms with Crippen molar-refractivity contribution in [3.63, 3.8) is 0 Å². The van der Waals surface area contributed by atoms with Gasteiger partial charge in [0.1, 0.15) is 6.04 Å². The molecule has 2 N–H and O–H groups in total. The molecule has 0 heterocycles. The number of hydrogen-bond donors (Lipinski definition) is 2. The molecule has 0 aromatic heterocycles. The van der Waals surface area contributed by atoms with Crippen LogP contribution in [-0.2, 0) is 9.59 Å². The molecule has 0 saturated carbocycles. The van der Waals surface area contributed by atoms with Gasteiger partial charge in [-0.1, -0.05) is 32.6 Å². The summed E-state index contributed by atoms with van der Waals surface area (Å²) >= 11 is 0. The van der Waals surface area contributed by atoms with Crippen molar-refractivity contribution in [1.29, 1.82) is 0 Å². The van der Waals surface area contributed by atoms with Crippen molar-refractivity contribution in [2.24, 2.45) is 0 Å². The molecule has 1 amide bonds. The lowest BCUT2D eigenvalue weighted by Gasteiger charge is -2.19. The van der Waals surface area contributed by atoms with E-state index in [1.54, 1.807) is 19.0 Å². The van der Waals surface area contributed by atoms with Crippen LogP contribution in [0.25, 0.3) is 0 Å². The van der Waals surface area contributed by atoms with Gasteiger partial charge in [-0.15, -0.1) is 0 Å². The Morgan fingerprint density at radius 3 is 2.29 bits per heavy atom. The number of carbonyl (C=O) groups excluding carboxylic acids is 1. The number of rotatable bonds is 13. The van der Waals surface area contributed by atoms with E-state index in [0.29, 0.717) is 19.4 Å². The average molecular weight is 300 g/mol. The number of unbranched alkanes of at least 4 members (excludes halogenated alkanes) is 5. The van der Waals surface area contributed by atoms with Gasteiger partial charge in [-0.2, -0.15) is 0 Å². The van der Waals surface area contributed by atoms with Crippen molar-refractivity contribution in [2.45, 2.75) is 70.8 Å². The summed E-state index contributed by atoms with van der Waals surface area (Å²) in [5.74, 6) is -0.662. The standard InChI is InChI=1S/C16H32N2O3/c1-4-5-6-7-8-12-15(19)17-13-10-9-11-14(16(20)21)18(2)3/h14H,4-13H2,1-3H3,(H,17,19)(H,20,21)/t14-/m0/s1. The normalized spacial score (nSPS) is 12.4. The third-order valence-electron chi connectivity index (χ3n) is 3.64. The minimum absolute atomic E-state index is 0.119. The predicted octanol–water partition coefficient (Wildman–Crippen LogP) is 2.65. The molecule has 1 atom stereocenters. The van der Waals surface area contributed by atoms with Crippen molar-refractivity contribution >= 4 is 11.9 Å². The molecule has 0 unspecified atom stereocenters. The van der Waals surface area contributed by atoms with Crippen LogP contribution >= 0.6 is 0 Å². The van der Waals surface area contributed by atoms with Crippen molar-refractivity contribution in [3.05, 3.63) is 0 Å². The van der Waals surface area contributed by atoms with Gasteiger partial charge in [-0.3, -0.25) is 14.5 Å². The van der Waals surface area contributed by atoms with Gasteiger partial charge in [0.05, 0.1) is 0 Å². The van der Waals surface area contributed by atoms with E-state index in [1.807, 2.05) is 0 Å². The number of nitrogens with zero attached hydrogens (tertiary/aromatic N) is 1. The molecule has 0 aliphatic carbocycles. The lowest BCUT2D eigenvalue weighted by molar-refractivity contribution is -0.142. The summed E-state index contributed by atoms with van der Waals surface area (Å²) < 4.78 is 0. The molecule has 0 aromatic carbocycles. The van der Waals surface area contributed by atoms with Gasteiger partial charge >= 0.3 is 5.97 Å². The molecule has 0 aromatic rings. The van der Waals surface area contributed by atoms with Crippen LogP contribution in [-0.4, -0.2) is 48.6 Å². The van der Waals surface area contributed by atoms with Crippen molar-refractivity contribution in [3.8, 4) is 0 Å². The summed E-state index contributed by atoms with van der Waals surface area (Å²) in [6.07, 6.45) is 8.65. The number of hydrogen-bond acceptors (Lipinski definition) is 3. The van der Waals surface area contributed by atoms with Crippen LogP contribution in [0.4, 0.5) is 0 Å². The highest BCUT2D eigenvalue weighted by molar-refractivity contribution is 5.75. The topological polar surface area (TPSA) is 69.6 Å². The van der Waals surface area contributed by atoms with E-state index in [4.69, 9.17) is 5.11 Å². The third kappa shape index (κ3) is 11.3. The quantitative estimate of drug-likeness (QED) is 0.513. The van der Waals surface area contributed by atoms with E-state index in [-0.39, 0.29) is 5.91 Å². The zero-order valence-electron chi connectivity index (χ0n) is 13.9. The van der Waals surface area contributed by atoms with E-state index >= 15 is 0 Å². The Kier molecular flexibility index (Phi) is 12.0. The van der Waals surface area contributed by atoms with Crippen LogP contribution in [0.3, 0.4) is 0 Å². The number of nitrogens with one attached hydrogen (secondary N) is 1. The fourth-order valence-corrected chi connectivity index (χ4v) is 2.27. The van der Waals surface area contributed by atoms with Crippen molar-refractivity contribution in [2.75, 3.05) is 20.6 Å². The summed E-state index contributed by atoms with van der Waals surface area (Å²) in [5, 5.41) is 11.9. The fourth-order valence-electron chi connectivity index (χ4n) is 2.27. The SMILES string of the molecule is CCCCCCCC(=O)NCCCC[C@@H](C(=O)O)N(C)C. The molecular weight excluding hydrogens is 268 g/mol. The summed E-state index contributed by atoms with van der Waals surface area (Å²) in [7, 11) is 3.55. The third-order valence-corrected chi connectivity index (χ3v) is 3.64. The maximum atomic E-state index is 11.6. The van der Waals surface area contributed by atoms with Gasteiger partial charge < -0.3 is 10.4 Å². The molecule has 0 saturated heterocycles. The summed E-state index contributed by atoms with van der Waals surface area (Å²) in [6, 6.07) is -0.431. The van der Waals surface area contributed by atoms with Crippen LogP contribution in [0.5, 0.6) is 0 Å². The van der Waals surface area contributed by atoms with Gasteiger partial charge in [0.15, 0.2) is 0 Å². The van der Waals surface area contributed by atoms with E-state index < -0.39 is 12.0 Å². The number of carboxylic acid groups (broad SMARTS) is 1. The minimum Gasteiger partial charge on any atom is -0.480 e. The number of carboxylic acids is 1. The van der Waals surface area contributed by atoms with Gasteiger partial charge in [-0.25, -0.2) is 0 Å². The van der Waals surface area contributed by atoms with E-state index in [9.17, 15) is 9.59 Å². The predicted molar refractivity (Wildman–Crippen MR) is 85.3 cm³/mol. The Hall–Kier alpha value is -1.10. The van der Waals surface area contributed by atoms with Gasteiger partial charge in [0.25, 0.3) is 0 Å². The fraction of sp³-hybridized carbons (Fsp3) is 0.875. The summed E-state index contributed by atoms with van der Waals surface area (Å²) in [5.41, 5.74) is 0. The number of likely N-dealkylation sites (N-methyl/N-ethyl adjacent to an activating group) is 1. The Labute approximate surface area is 129 Å². The molecule has 0 bridgehead atoms. The molecule has 0 aliphatic heterocycles. The van der Waals surface area contributed by atoms with Crippen molar-refractivity contribution in [1.82, 2.24) is 10.2 Å². The lowest BCUT2D eigenvalue weighted by atomic mass is 10.1. The largest absolute Gasteiger partial charge is 0.480 e. The molecule has 5 nitrogen and oxygen atoms in total. The minimum atomic E-state index is -0.781. The first-order valence-electron chi connectivity index (χ1n) is 8.15. The molecule has 0 fully saturated rings. The highest BCUT2D eigenvalue weighted by atomic mass is 16.4. The summed E-state index contributed by atoms with van der Waals surface area (Å²) in [6.45, 7) is 2.82. The van der Waals surface area contributed by atoms with Crippen LogP contribution < -0.4 is 5.32 Å². The Morgan fingerprint density at radius 1 is 1.05 bits per heavy atom. The van der Waals surface area contributed by atoms with Gasteiger partial charge in [0.2, 0.25) is 5.91 Å². The second-order valence-corrected chi connectivity index (χ2v) is 5.83. The molecule has 0 rings (SSSR count). The van der Waals surface area contributed by atoms with E-state index in [0.717, 1.165) is 25.7 Å². The first-order chi connectivity index (χ1) is 9.99. The molecular formula is C16H32N2O3. The lowest BCUT2D eigenvalue weighted by Crippen LogP contribution is -2.35. The number of amides is 1. The molecule has 5 heteroatoms. The monoisotopic (exact) mass is 300 g/mol. The highest BCUT2D eigenvalue weighted by Gasteiger charge is 2.18. The molecule has 0 aliphatic rings. The highest BCUT2D eigenvalue weighted by Crippen LogP contribution is 2.06. The second-order valence-electron chi connectivity index (χ2n) is 5.83.